The predicted octanol–water partition coefficient (Wildman–Crippen LogP) is 1.64. The van der Waals surface area contributed by atoms with E-state index in [1.54, 1.807) is 0 Å². The number of ether oxygens (including phenoxy) is 1. The number of morpholine rings is 1. The fraction of sp³-hybridized carbons (Fsp3) is 0.357. The Bertz CT molecular complexity index is 518. The fourth-order valence-electron chi connectivity index (χ4n) is 2.23. The molecular weight excluding hydrogens is 226 g/mol. The lowest BCUT2D eigenvalue weighted by atomic mass is 10.1. The zero-order valence-electron chi connectivity index (χ0n) is 10.2. The topological polar surface area (TPSA) is 46.2 Å². The Balaban J connectivity index is 1.74. The third kappa shape index (κ3) is 2.44. The third-order valence-electron chi connectivity index (χ3n) is 3.19. The van der Waals surface area contributed by atoms with Crippen LogP contribution in [0, 0.1) is 0 Å². The van der Waals surface area contributed by atoms with Crippen molar-refractivity contribution >= 4 is 16.6 Å². The molecular formula is C14H17N3O. The van der Waals surface area contributed by atoms with Gasteiger partial charge in [0.25, 0.3) is 0 Å². The zero-order chi connectivity index (χ0) is 12.2. The number of nitrogens with zero attached hydrogens (tertiary/aromatic N) is 1. The maximum atomic E-state index is 5.44. The summed E-state index contributed by atoms with van der Waals surface area (Å²) in [6, 6.07) is 10.7. The zero-order valence-corrected chi connectivity index (χ0v) is 10.2. The highest BCUT2D eigenvalue weighted by molar-refractivity contribution is 5.91. The molecule has 1 aromatic heterocycles. The Morgan fingerprint density at radius 3 is 3.17 bits per heavy atom. The van der Waals surface area contributed by atoms with Gasteiger partial charge >= 0.3 is 0 Å². The number of benzene rings is 1. The maximum Gasteiger partial charge on any atom is 0.133 e. The van der Waals surface area contributed by atoms with E-state index >= 15 is 0 Å². The minimum Gasteiger partial charge on any atom is -0.378 e. The van der Waals surface area contributed by atoms with Gasteiger partial charge in [-0.15, -0.1) is 0 Å². The molecule has 94 valence electrons. The van der Waals surface area contributed by atoms with Crippen molar-refractivity contribution in [3.05, 3.63) is 36.5 Å². The van der Waals surface area contributed by atoms with Crippen LogP contribution < -0.4 is 10.6 Å². The highest BCUT2D eigenvalue weighted by Gasteiger charge is 2.12. The van der Waals surface area contributed by atoms with Gasteiger partial charge in [0.15, 0.2) is 0 Å². The first-order chi connectivity index (χ1) is 8.93. The summed E-state index contributed by atoms with van der Waals surface area (Å²) in [5, 5.41) is 9.20. The fourth-order valence-corrected chi connectivity index (χ4v) is 2.23. The van der Waals surface area contributed by atoms with Crippen molar-refractivity contribution < 1.29 is 4.74 Å². The number of fused-ring (bicyclic) bond motifs is 1. The lowest BCUT2D eigenvalue weighted by molar-refractivity contribution is 0.0806. The van der Waals surface area contributed by atoms with Gasteiger partial charge in [0.1, 0.15) is 5.82 Å². The van der Waals surface area contributed by atoms with Crippen LogP contribution in [0.1, 0.15) is 0 Å². The van der Waals surface area contributed by atoms with Gasteiger partial charge in [-0.2, -0.15) is 0 Å². The number of pyridine rings is 1. The van der Waals surface area contributed by atoms with Crippen LogP contribution in [0.3, 0.4) is 0 Å². The molecule has 4 nitrogen and oxygen atoms in total. The Labute approximate surface area is 106 Å². The highest BCUT2D eigenvalue weighted by Crippen LogP contribution is 2.20. The largest absolute Gasteiger partial charge is 0.378 e. The van der Waals surface area contributed by atoms with E-state index in [4.69, 9.17) is 4.74 Å². The van der Waals surface area contributed by atoms with Crippen molar-refractivity contribution in [2.75, 3.05) is 31.6 Å². The monoisotopic (exact) mass is 243 g/mol. The first-order valence-corrected chi connectivity index (χ1v) is 6.32. The molecule has 1 unspecified atom stereocenters. The minimum atomic E-state index is 0.361. The molecule has 0 saturated carbocycles. The van der Waals surface area contributed by atoms with Gasteiger partial charge < -0.3 is 15.4 Å². The first-order valence-electron chi connectivity index (χ1n) is 6.32. The molecule has 2 aromatic rings. The average Bonchev–Trinajstić information content (AvgIpc) is 2.46. The van der Waals surface area contributed by atoms with Crippen molar-refractivity contribution in [1.29, 1.82) is 0 Å². The number of hydrogen-bond acceptors (Lipinski definition) is 4. The number of hydrogen-bond donors (Lipinski definition) is 2. The summed E-state index contributed by atoms with van der Waals surface area (Å²) in [6.45, 7) is 3.33. The summed E-state index contributed by atoms with van der Waals surface area (Å²) in [6.07, 6.45) is 1.84. The van der Waals surface area contributed by atoms with Crippen LogP contribution in [-0.2, 0) is 4.74 Å². The summed E-state index contributed by atoms with van der Waals surface area (Å²) in [7, 11) is 0. The lowest BCUT2D eigenvalue weighted by Gasteiger charge is -2.24. The number of rotatable bonds is 3. The SMILES string of the molecule is c1ccc2c(NCC3COCCN3)nccc2c1. The predicted molar refractivity (Wildman–Crippen MR) is 72.8 cm³/mol. The molecule has 18 heavy (non-hydrogen) atoms. The second kappa shape index (κ2) is 5.33. The molecule has 0 amide bonds. The van der Waals surface area contributed by atoms with Crippen LogP contribution in [0.5, 0.6) is 0 Å². The van der Waals surface area contributed by atoms with Crippen molar-refractivity contribution in [2.45, 2.75) is 6.04 Å². The average molecular weight is 243 g/mol. The van der Waals surface area contributed by atoms with Gasteiger partial charge in [-0.3, -0.25) is 0 Å². The normalized spacial score (nSPS) is 19.9. The van der Waals surface area contributed by atoms with E-state index in [0.717, 1.165) is 37.5 Å². The van der Waals surface area contributed by atoms with Crippen LogP contribution in [-0.4, -0.2) is 37.3 Å². The Kier molecular flexibility index (Phi) is 3.39. The molecule has 1 saturated heterocycles. The molecule has 1 aromatic carbocycles. The molecule has 2 heterocycles. The van der Waals surface area contributed by atoms with Gasteiger partial charge in [0.05, 0.1) is 13.2 Å². The van der Waals surface area contributed by atoms with Crippen LogP contribution in [0.15, 0.2) is 36.5 Å². The molecule has 1 aliphatic rings. The second-order valence-corrected chi connectivity index (χ2v) is 4.49. The molecule has 4 heteroatoms. The number of anilines is 1. The van der Waals surface area contributed by atoms with E-state index in [0.29, 0.717) is 6.04 Å². The summed E-state index contributed by atoms with van der Waals surface area (Å²) >= 11 is 0. The van der Waals surface area contributed by atoms with E-state index in [1.807, 2.05) is 24.4 Å². The van der Waals surface area contributed by atoms with Crippen molar-refractivity contribution in [3.8, 4) is 0 Å². The highest BCUT2D eigenvalue weighted by atomic mass is 16.5. The van der Waals surface area contributed by atoms with Crippen LogP contribution >= 0.6 is 0 Å². The molecule has 2 N–H and O–H groups in total. The number of aromatic nitrogens is 1. The maximum absolute atomic E-state index is 5.44. The molecule has 0 radical (unpaired) electrons. The molecule has 0 spiro atoms. The van der Waals surface area contributed by atoms with Crippen molar-refractivity contribution in [3.63, 3.8) is 0 Å². The quantitative estimate of drug-likeness (QED) is 0.860. The standard InChI is InChI=1S/C14H17N3O/c1-2-4-13-11(3-1)5-6-16-14(13)17-9-12-10-18-8-7-15-12/h1-6,12,15H,7-10H2,(H,16,17). The Hall–Kier alpha value is -1.65. The van der Waals surface area contributed by atoms with Gasteiger partial charge in [0.2, 0.25) is 0 Å². The van der Waals surface area contributed by atoms with Crippen molar-refractivity contribution in [1.82, 2.24) is 10.3 Å². The van der Waals surface area contributed by atoms with Gasteiger partial charge in [0, 0.05) is 30.7 Å². The third-order valence-corrected chi connectivity index (χ3v) is 3.19. The second-order valence-electron chi connectivity index (χ2n) is 4.49. The van der Waals surface area contributed by atoms with E-state index in [-0.39, 0.29) is 0 Å². The van der Waals surface area contributed by atoms with Gasteiger partial charge in [-0.1, -0.05) is 24.3 Å². The van der Waals surface area contributed by atoms with E-state index in [2.05, 4.69) is 27.8 Å². The van der Waals surface area contributed by atoms with Crippen LogP contribution in [0.2, 0.25) is 0 Å². The molecule has 3 rings (SSSR count). The Morgan fingerprint density at radius 2 is 2.28 bits per heavy atom. The summed E-state index contributed by atoms with van der Waals surface area (Å²) in [4.78, 5) is 4.41. The summed E-state index contributed by atoms with van der Waals surface area (Å²) in [5.41, 5.74) is 0. The van der Waals surface area contributed by atoms with Gasteiger partial charge in [-0.05, 0) is 11.5 Å². The van der Waals surface area contributed by atoms with Crippen LogP contribution in [0.4, 0.5) is 5.82 Å². The minimum absolute atomic E-state index is 0.361. The molecule has 1 fully saturated rings. The number of nitrogens with one attached hydrogen (secondary N) is 2. The molecule has 1 aliphatic heterocycles. The summed E-state index contributed by atoms with van der Waals surface area (Å²) < 4.78 is 5.44. The lowest BCUT2D eigenvalue weighted by Crippen LogP contribution is -2.45. The molecule has 1 atom stereocenters. The summed E-state index contributed by atoms with van der Waals surface area (Å²) in [5.74, 6) is 0.945. The van der Waals surface area contributed by atoms with Gasteiger partial charge in [-0.25, -0.2) is 4.98 Å². The van der Waals surface area contributed by atoms with Crippen molar-refractivity contribution in [2.24, 2.45) is 0 Å². The molecule has 0 aliphatic carbocycles. The smallest absolute Gasteiger partial charge is 0.133 e. The molecule has 0 bridgehead atoms. The van der Waals surface area contributed by atoms with E-state index in [9.17, 15) is 0 Å². The van der Waals surface area contributed by atoms with E-state index < -0.39 is 0 Å². The van der Waals surface area contributed by atoms with E-state index in [1.165, 1.54) is 5.39 Å². The Morgan fingerprint density at radius 1 is 1.33 bits per heavy atom. The first kappa shape index (κ1) is 11.4. The van der Waals surface area contributed by atoms with Crippen LogP contribution in [0.25, 0.3) is 10.8 Å².